The molecule has 0 unspecified atom stereocenters. The minimum Gasteiger partial charge on any atom is -0.508 e. The number of phenols is 1. The molecule has 1 aromatic carbocycles. The fraction of sp³-hybridized carbons (Fsp3) is 0.562. The summed E-state index contributed by atoms with van der Waals surface area (Å²) in [6, 6.07) is 3.88. The number of nitrogens with one attached hydrogen (secondary N) is 2. The van der Waals surface area contributed by atoms with Crippen molar-refractivity contribution in [1.29, 1.82) is 0 Å². The van der Waals surface area contributed by atoms with Crippen LogP contribution in [0.15, 0.2) is 17.1 Å². The molecule has 4 nitrogen and oxygen atoms in total. The van der Waals surface area contributed by atoms with Crippen LogP contribution in [-0.2, 0) is 19.4 Å². The van der Waals surface area contributed by atoms with Crippen molar-refractivity contribution in [3.05, 3.63) is 28.8 Å². The maximum absolute atomic E-state index is 10.1. The highest BCUT2D eigenvalue weighted by Crippen LogP contribution is 2.30. The first-order valence-electron chi connectivity index (χ1n) is 7.61. The zero-order chi connectivity index (χ0) is 14.4. The number of aryl methyl sites for hydroxylation is 1. The molecule has 2 rings (SSSR count). The Morgan fingerprint density at radius 1 is 1.14 bits per heavy atom. The summed E-state index contributed by atoms with van der Waals surface area (Å²) < 4.78 is 0. The Morgan fingerprint density at radius 2 is 1.81 bits per heavy atom. The number of halogens is 1. The number of fused-ring (bicyclic) bond motifs is 1. The lowest BCUT2D eigenvalue weighted by Gasteiger charge is -2.20. The van der Waals surface area contributed by atoms with Gasteiger partial charge in [0.25, 0.3) is 0 Å². The highest BCUT2D eigenvalue weighted by atomic mass is 127. The molecular weight excluding hydrogens is 377 g/mol. The number of benzene rings is 1. The molecule has 0 saturated heterocycles. The Kier molecular flexibility index (Phi) is 7.85. The molecule has 0 radical (unpaired) electrons. The Morgan fingerprint density at radius 3 is 2.48 bits per heavy atom. The monoisotopic (exact) mass is 403 g/mol. The maximum atomic E-state index is 10.1. The van der Waals surface area contributed by atoms with E-state index >= 15 is 0 Å². The van der Waals surface area contributed by atoms with E-state index < -0.39 is 0 Å². The van der Waals surface area contributed by atoms with Crippen LogP contribution in [0.1, 0.15) is 43.4 Å². The predicted molar refractivity (Wildman–Crippen MR) is 98.7 cm³/mol. The number of phenolic OH excluding ortho intramolecular Hbond substituents is 1. The lowest BCUT2D eigenvalue weighted by molar-refractivity contribution is 0.465. The van der Waals surface area contributed by atoms with Crippen LogP contribution in [0.3, 0.4) is 0 Å². The van der Waals surface area contributed by atoms with Gasteiger partial charge in [-0.1, -0.05) is 6.07 Å². The average molecular weight is 403 g/mol. The van der Waals surface area contributed by atoms with Crippen LogP contribution in [-0.4, -0.2) is 24.2 Å². The van der Waals surface area contributed by atoms with E-state index in [1.807, 2.05) is 6.07 Å². The van der Waals surface area contributed by atoms with Crippen molar-refractivity contribution in [3.63, 3.8) is 0 Å². The van der Waals surface area contributed by atoms with Crippen LogP contribution >= 0.6 is 24.0 Å². The normalized spacial score (nSPS) is 12.9. The molecule has 5 heteroatoms. The fourth-order valence-electron chi connectivity index (χ4n) is 2.74. The summed E-state index contributed by atoms with van der Waals surface area (Å²) in [5, 5.41) is 16.6. The van der Waals surface area contributed by atoms with E-state index in [0.717, 1.165) is 37.5 Å². The standard InChI is InChI=1S/C16H25N3O.HI/c1-3-17-16(18-4-2)19-11-14-13-8-6-5-7-12(13)9-10-15(14)20;/h9-10,20H,3-8,11H2,1-2H3,(H2,17,18,19);1H. The van der Waals surface area contributed by atoms with Crippen molar-refractivity contribution >= 4 is 29.9 Å². The highest BCUT2D eigenvalue weighted by Gasteiger charge is 2.16. The number of hydrogen-bond donors (Lipinski definition) is 3. The summed E-state index contributed by atoms with van der Waals surface area (Å²) in [5.74, 6) is 1.18. The van der Waals surface area contributed by atoms with Gasteiger partial charge in [0.2, 0.25) is 0 Å². The van der Waals surface area contributed by atoms with E-state index in [2.05, 4.69) is 35.5 Å². The summed E-state index contributed by atoms with van der Waals surface area (Å²) in [4.78, 5) is 4.58. The largest absolute Gasteiger partial charge is 0.508 e. The fourth-order valence-corrected chi connectivity index (χ4v) is 2.74. The Balaban J connectivity index is 0.00000220. The first kappa shape index (κ1) is 18.1. The molecule has 118 valence electrons. The van der Waals surface area contributed by atoms with Crippen LogP contribution in [0.5, 0.6) is 5.75 Å². The Hall–Kier alpha value is -0.980. The van der Waals surface area contributed by atoms with Gasteiger partial charge < -0.3 is 15.7 Å². The predicted octanol–water partition coefficient (Wildman–Crippen LogP) is 2.96. The van der Waals surface area contributed by atoms with Gasteiger partial charge in [0.1, 0.15) is 5.75 Å². The van der Waals surface area contributed by atoms with E-state index in [-0.39, 0.29) is 24.0 Å². The third-order valence-electron chi connectivity index (χ3n) is 3.71. The number of rotatable bonds is 4. The van der Waals surface area contributed by atoms with Gasteiger partial charge in [0, 0.05) is 18.7 Å². The molecule has 1 aliphatic carbocycles. The van der Waals surface area contributed by atoms with Crippen LogP contribution in [0, 0.1) is 0 Å². The minimum atomic E-state index is 0. The minimum absolute atomic E-state index is 0. The third-order valence-corrected chi connectivity index (χ3v) is 3.71. The summed E-state index contributed by atoms with van der Waals surface area (Å²) in [6.45, 7) is 6.31. The second kappa shape index (κ2) is 9.12. The van der Waals surface area contributed by atoms with Crippen molar-refractivity contribution in [2.45, 2.75) is 46.1 Å². The van der Waals surface area contributed by atoms with Crippen LogP contribution in [0.2, 0.25) is 0 Å². The van der Waals surface area contributed by atoms with E-state index in [9.17, 15) is 5.11 Å². The number of hydrogen-bond acceptors (Lipinski definition) is 2. The first-order valence-corrected chi connectivity index (χ1v) is 7.61. The molecule has 0 aromatic heterocycles. The van der Waals surface area contributed by atoms with Gasteiger partial charge in [-0.25, -0.2) is 4.99 Å². The molecule has 1 aliphatic rings. The molecular formula is C16H26IN3O. The molecule has 0 aliphatic heterocycles. The molecule has 0 bridgehead atoms. The van der Waals surface area contributed by atoms with Crippen molar-refractivity contribution in [2.24, 2.45) is 4.99 Å². The molecule has 0 saturated carbocycles. The number of guanidine groups is 1. The molecule has 0 heterocycles. The van der Waals surface area contributed by atoms with Crippen molar-refractivity contribution in [3.8, 4) is 5.75 Å². The van der Waals surface area contributed by atoms with Crippen LogP contribution < -0.4 is 10.6 Å². The zero-order valence-electron chi connectivity index (χ0n) is 12.9. The van der Waals surface area contributed by atoms with Crippen LogP contribution in [0.25, 0.3) is 0 Å². The molecule has 0 atom stereocenters. The van der Waals surface area contributed by atoms with Gasteiger partial charge in [-0.3, -0.25) is 0 Å². The number of nitrogens with zero attached hydrogens (tertiary/aromatic N) is 1. The van der Waals surface area contributed by atoms with Gasteiger partial charge >= 0.3 is 0 Å². The lowest BCUT2D eigenvalue weighted by Crippen LogP contribution is -2.37. The smallest absolute Gasteiger partial charge is 0.191 e. The lowest BCUT2D eigenvalue weighted by atomic mass is 9.88. The summed E-state index contributed by atoms with van der Waals surface area (Å²) in [5.41, 5.74) is 3.69. The van der Waals surface area contributed by atoms with Gasteiger partial charge in [0.15, 0.2) is 5.96 Å². The van der Waals surface area contributed by atoms with Crippen LogP contribution in [0.4, 0.5) is 0 Å². The van der Waals surface area contributed by atoms with Gasteiger partial charge in [-0.2, -0.15) is 0 Å². The molecule has 0 amide bonds. The molecule has 3 N–H and O–H groups in total. The third kappa shape index (κ3) is 4.76. The van der Waals surface area contributed by atoms with E-state index in [1.54, 1.807) is 0 Å². The van der Waals surface area contributed by atoms with Crippen molar-refractivity contribution in [1.82, 2.24) is 10.6 Å². The zero-order valence-corrected chi connectivity index (χ0v) is 15.2. The summed E-state index contributed by atoms with van der Waals surface area (Å²) in [7, 11) is 0. The quantitative estimate of drug-likeness (QED) is 0.412. The molecule has 0 spiro atoms. The van der Waals surface area contributed by atoms with Crippen molar-refractivity contribution in [2.75, 3.05) is 13.1 Å². The first-order chi connectivity index (χ1) is 9.76. The second-order valence-electron chi connectivity index (χ2n) is 5.13. The summed E-state index contributed by atoms with van der Waals surface area (Å²) >= 11 is 0. The van der Waals surface area contributed by atoms with Gasteiger partial charge in [0.05, 0.1) is 6.54 Å². The topological polar surface area (TPSA) is 56.7 Å². The van der Waals surface area contributed by atoms with Gasteiger partial charge in [-0.05, 0) is 56.7 Å². The highest BCUT2D eigenvalue weighted by molar-refractivity contribution is 14.0. The summed E-state index contributed by atoms with van der Waals surface area (Å²) in [6.07, 6.45) is 4.65. The van der Waals surface area contributed by atoms with Gasteiger partial charge in [-0.15, -0.1) is 24.0 Å². The van der Waals surface area contributed by atoms with E-state index in [0.29, 0.717) is 12.3 Å². The molecule has 0 fully saturated rings. The molecule has 21 heavy (non-hydrogen) atoms. The SMILES string of the molecule is CCNC(=NCc1c(O)ccc2c1CCCC2)NCC.I. The second-order valence-corrected chi connectivity index (χ2v) is 5.13. The van der Waals surface area contributed by atoms with E-state index in [4.69, 9.17) is 0 Å². The number of aromatic hydroxyl groups is 1. The van der Waals surface area contributed by atoms with E-state index in [1.165, 1.54) is 24.0 Å². The molecule has 1 aromatic rings. The van der Waals surface area contributed by atoms with Crippen molar-refractivity contribution < 1.29 is 5.11 Å². The Bertz CT molecular complexity index is 481. The maximum Gasteiger partial charge on any atom is 0.191 e. The number of aliphatic imine (C=N–C) groups is 1. The average Bonchev–Trinajstić information content (AvgIpc) is 2.46. The Labute approximate surface area is 144 Å².